The number of amides is 1. The topological polar surface area (TPSA) is 32.3 Å². The largest absolute Gasteiger partial charge is 0.341 e. The number of hydrogen-bond donors (Lipinski definition) is 1. The number of likely N-dealkylation sites (N-methyl/N-ethyl adjacent to an activating group) is 1. The minimum atomic E-state index is 0.0677. The third-order valence-electron chi connectivity index (χ3n) is 4.84. The molecule has 1 saturated carbocycles. The Morgan fingerprint density at radius 3 is 2.33 bits per heavy atom. The molecule has 104 valence electrons. The van der Waals surface area contributed by atoms with Crippen LogP contribution in [-0.2, 0) is 4.79 Å². The van der Waals surface area contributed by atoms with E-state index in [4.69, 9.17) is 0 Å². The van der Waals surface area contributed by atoms with Crippen molar-refractivity contribution in [2.24, 2.45) is 11.8 Å². The van der Waals surface area contributed by atoms with E-state index in [0.717, 1.165) is 18.9 Å². The van der Waals surface area contributed by atoms with Gasteiger partial charge < -0.3 is 10.2 Å². The molecule has 0 aromatic heterocycles. The Morgan fingerprint density at radius 1 is 1.06 bits per heavy atom. The summed E-state index contributed by atoms with van der Waals surface area (Å²) in [6, 6.07) is 0.547. The van der Waals surface area contributed by atoms with Crippen molar-refractivity contribution in [3.05, 3.63) is 0 Å². The van der Waals surface area contributed by atoms with Gasteiger partial charge in [0.15, 0.2) is 0 Å². The second kappa shape index (κ2) is 6.05. The molecule has 18 heavy (non-hydrogen) atoms. The highest BCUT2D eigenvalue weighted by molar-refractivity contribution is 5.82. The van der Waals surface area contributed by atoms with Gasteiger partial charge in [0.05, 0.1) is 6.04 Å². The van der Waals surface area contributed by atoms with Gasteiger partial charge in [-0.25, -0.2) is 0 Å². The molecule has 1 N–H and O–H groups in total. The van der Waals surface area contributed by atoms with Gasteiger partial charge in [-0.05, 0) is 56.9 Å². The lowest BCUT2D eigenvalue weighted by Crippen LogP contribution is -2.52. The van der Waals surface area contributed by atoms with Crippen molar-refractivity contribution in [2.45, 2.75) is 64.5 Å². The van der Waals surface area contributed by atoms with Crippen LogP contribution in [-0.4, -0.2) is 36.5 Å². The lowest BCUT2D eigenvalue weighted by atomic mass is 9.86. The van der Waals surface area contributed by atoms with Crippen molar-refractivity contribution < 1.29 is 4.79 Å². The summed E-state index contributed by atoms with van der Waals surface area (Å²) in [5.41, 5.74) is 0. The third kappa shape index (κ3) is 3.25. The Bertz CT molecular complexity index is 284. The average Bonchev–Trinajstić information content (AvgIpc) is 2.38. The average molecular weight is 252 g/mol. The summed E-state index contributed by atoms with van der Waals surface area (Å²) in [5.74, 6) is 1.85. The number of carbonyl (C=O) groups is 1. The second-order valence-electron chi connectivity index (χ2n) is 6.50. The number of hydrogen-bond acceptors (Lipinski definition) is 2. The molecule has 2 rings (SSSR count). The Kier molecular flexibility index (Phi) is 4.66. The first-order valence-electron chi connectivity index (χ1n) is 7.58. The van der Waals surface area contributed by atoms with Crippen LogP contribution in [0.1, 0.15) is 52.4 Å². The molecule has 0 bridgehead atoms. The summed E-state index contributed by atoms with van der Waals surface area (Å²) in [6.07, 6.45) is 7.13. The zero-order chi connectivity index (χ0) is 13.1. The van der Waals surface area contributed by atoms with E-state index in [1.807, 2.05) is 11.9 Å². The highest BCUT2D eigenvalue weighted by atomic mass is 16.2. The zero-order valence-corrected chi connectivity index (χ0v) is 12.1. The summed E-state index contributed by atoms with van der Waals surface area (Å²) in [7, 11) is 2.00. The minimum absolute atomic E-state index is 0.0677. The predicted molar refractivity (Wildman–Crippen MR) is 74.4 cm³/mol. The molecule has 2 atom stereocenters. The highest BCUT2D eigenvalue weighted by Crippen LogP contribution is 2.27. The van der Waals surface area contributed by atoms with Crippen molar-refractivity contribution in [3.8, 4) is 0 Å². The number of nitrogens with zero attached hydrogens (tertiary/aromatic N) is 1. The number of rotatable bonds is 2. The highest BCUT2D eigenvalue weighted by Gasteiger charge is 2.31. The van der Waals surface area contributed by atoms with E-state index in [1.54, 1.807) is 0 Å². The molecule has 1 saturated heterocycles. The molecule has 1 amide bonds. The molecule has 0 aromatic carbocycles. The van der Waals surface area contributed by atoms with E-state index in [1.165, 1.54) is 32.1 Å². The Hall–Kier alpha value is -0.570. The van der Waals surface area contributed by atoms with E-state index in [-0.39, 0.29) is 6.04 Å². The summed E-state index contributed by atoms with van der Waals surface area (Å²) in [5, 5.41) is 3.39. The molecule has 2 aliphatic rings. The summed E-state index contributed by atoms with van der Waals surface area (Å²) < 4.78 is 0. The van der Waals surface area contributed by atoms with Crippen LogP contribution >= 0.6 is 0 Å². The van der Waals surface area contributed by atoms with Gasteiger partial charge in [-0.2, -0.15) is 0 Å². The van der Waals surface area contributed by atoms with Crippen LogP contribution in [0, 0.1) is 11.8 Å². The van der Waals surface area contributed by atoms with Crippen molar-refractivity contribution in [3.63, 3.8) is 0 Å². The maximum atomic E-state index is 12.5. The molecule has 0 radical (unpaired) electrons. The van der Waals surface area contributed by atoms with Crippen molar-refractivity contribution in [1.82, 2.24) is 10.2 Å². The zero-order valence-electron chi connectivity index (χ0n) is 12.1. The molecular formula is C15H28N2O. The molecule has 1 aliphatic carbocycles. The number of piperidine rings is 1. The Labute approximate surface area is 111 Å². The van der Waals surface area contributed by atoms with E-state index < -0.39 is 0 Å². The van der Waals surface area contributed by atoms with Gasteiger partial charge in [0.1, 0.15) is 0 Å². The number of carbonyl (C=O) groups excluding carboxylic acids is 1. The summed E-state index contributed by atoms with van der Waals surface area (Å²) in [4.78, 5) is 14.5. The first-order valence-corrected chi connectivity index (χ1v) is 7.58. The fourth-order valence-electron chi connectivity index (χ4n) is 3.35. The molecule has 3 heteroatoms. The molecule has 2 fully saturated rings. The Morgan fingerprint density at radius 2 is 1.72 bits per heavy atom. The molecule has 1 aliphatic heterocycles. The molecule has 2 unspecified atom stereocenters. The van der Waals surface area contributed by atoms with Gasteiger partial charge in [-0.15, -0.1) is 0 Å². The number of nitrogens with one attached hydrogen (secondary N) is 1. The normalized spacial score (nSPS) is 37.3. The maximum absolute atomic E-state index is 12.5. The van der Waals surface area contributed by atoms with Crippen LogP contribution in [0.2, 0.25) is 0 Å². The first-order chi connectivity index (χ1) is 8.58. The van der Waals surface area contributed by atoms with Gasteiger partial charge in [0.2, 0.25) is 5.91 Å². The second-order valence-corrected chi connectivity index (χ2v) is 6.50. The van der Waals surface area contributed by atoms with Crippen molar-refractivity contribution in [2.75, 3.05) is 13.6 Å². The molecule has 1 heterocycles. The summed E-state index contributed by atoms with van der Waals surface area (Å²) >= 11 is 0. The maximum Gasteiger partial charge on any atom is 0.239 e. The smallest absolute Gasteiger partial charge is 0.239 e. The predicted octanol–water partition coefficient (Wildman–Crippen LogP) is 2.41. The monoisotopic (exact) mass is 252 g/mol. The lowest BCUT2D eigenvalue weighted by molar-refractivity contribution is -0.136. The summed E-state index contributed by atoms with van der Waals surface area (Å²) in [6.45, 7) is 5.57. The lowest BCUT2D eigenvalue weighted by Gasteiger charge is -2.37. The van der Waals surface area contributed by atoms with Gasteiger partial charge in [0.25, 0.3) is 0 Å². The van der Waals surface area contributed by atoms with E-state index in [0.29, 0.717) is 17.9 Å². The molecule has 0 spiro atoms. The van der Waals surface area contributed by atoms with Crippen LogP contribution in [0.3, 0.4) is 0 Å². The SMILES string of the molecule is CC1CCC(N(C)C(=O)C2CC(C)CCN2)CC1. The van der Waals surface area contributed by atoms with Crippen molar-refractivity contribution in [1.29, 1.82) is 0 Å². The van der Waals surface area contributed by atoms with E-state index in [2.05, 4.69) is 19.2 Å². The quantitative estimate of drug-likeness (QED) is 0.818. The molecule has 3 nitrogen and oxygen atoms in total. The van der Waals surface area contributed by atoms with E-state index in [9.17, 15) is 4.79 Å². The Balaban J connectivity index is 1.87. The molecule has 0 aromatic rings. The first kappa shape index (κ1) is 13.9. The van der Waals surface area contributed by atoms with Crippen LogP contribution < -0.4 is 5.32 Å². The van der Waals surface area contributed by atoms with Gasteiger partial charge in [-0.3, -0.25) is 4.79 Å². The van der Waals surface area contributed by atoms with Gasteiger partial charge >= 0.3 is 0 Å². The third-order valence-corrected chi connectivity index (χ3v) is 4.84. The standard InChI is InChI=1S/C15H28N2O/c1-11-4-6-13(7-5-11)17(3)15(18)14-10-12(2)8-9-16-14/h11-14,16H,4-10H2,1-3H3. The van der Waals surface area contributed by atoms with Gasteiger partial charge in [0, 0.05) is 13.1 Å². The van der Waals surface area contributed by atoms with Crippen LogP contribution in [0.25, 0.3) is 0 Å². The van der Waals surface area contributed by atoms with Crippen LogP contribution in [0.15, 0.2) is 0 Å². The fraction of sp³-hybridized carbons (Fsp3) is 0.933. The van der Waals surface area contributed by atoms with Gasteiger partial charge in [-0.1, -0.05) is 13.8 Å². The van der Waals surface area contributed by atoms with Crippen molar-refractivity contribution >= 4 is 5.91 Å². The fourth-order valence-corrected chi connectivity index (χ4v) is 3.35. The van der Waals surface area contributed by atoms with Crippen LogP contribution in [0.5, 0.6) is 0 Å². The van der Waals surface area contributed by atoms with Crippen LogP contribution in [0.4, 0.5) is 0 Å². The van der Waals surface area contributed by atoms with E-state index >= 15 is 0 Å². The minimum Gasteiger partial charge on any atom is -0.341 e. The molecular weight excluding hydrogens is 224 g/mol.